The summed E-state index contributed by atoms with van der Waals surface area (Å²) in [6.07, 6.45) is 4.78. The highest BCUT2D eigenvalue weighted by Crippen LogP contribution is 2.24. The molecule has 1 aliphatic carbocycles. The van der Waals surface area contributed by atoms with Gasteiger partial charge in [-0.3, -0.25) is 14.5 Å². The van der Waals surface area contributed by atoms with Crippen LogP contribution < -0.4 is 5.32 Å². The van der Waals surface area contributed by atoms with Crippen molar-refractivity contribution in [1.29, 1.82) is 0 Å². The van der Waals surface area contributed by atoms with Crippen LogP contribution in [-0.4, -0.2) is 60.6 Å². The SMILES string of the molecule is COC(=O)[C@@H]1CN(CC(=O)N[C@@H]2CCCC[C@H]2C)CCS1. The molecule has 0 radical (unpaired) electrons. The molecule has 120 valence electrons. The molecule has 0 spiro atoms. The van der Waals surface area contributed by atoms with Crippen molar-refractivity contribution in [2.75, 3.05) is 32.5 Å². The minimum Gasteiger partial charge on any atom is -0.468 e. The molecule has 0 bridgehead atoms. The second kappa shape index (κ2) is 8.03. The quantitative estimate of drug-likeness (QED) is 0.792. The number of carbonyl (C=O) groups is 2. The lowest BCUT2D eigenvalue weighted by molar-refractivity contribution is -0.140. The first-order chi connectivity index (χ1) is 10.1. The van der Waals surface area contributed by atoms with Crippen LogP contribution >= 0.6 is 11.8 Å². The first kappa shape index (κ1) is 16.6. The summed E-state index contributed by atoms with van der Waals surface area (Å²) >= 11 is 1.61. The fourth-order valence-corrected chi connectivity index (χ4v) is 4.30. The minimum absolute atomic E-state index is 0.0873. The Morgan fingerprint density at radius 1 is 1.33 bits per heavy atom. The fourth-order valence-electron chi connectivity index (χ4n) is 3.11. The minimum atomic E-state index is -0.189. The summed E-state index contributed by atoms with van der Waals surface area (Å²) < 4.78 is 4.79. The Balaban J connectivity index is 1.77. The Morgan fingerprint density at radius 3 is 2.81 bits per heavy atom. The second-order valence-corrected chi connectivity index (χ2v) is 7.36. The zero-order chi connectivity index (χ0) is 15.2. The Hall–Kier alpha value is -0.750. The first-order valence-corrected chi connectivity index (χ1v) is 8.86. The lowest BCUT2D eigenvalue weighted by Crippen LogP contribution is -2.49. The number of esters is 1. The molecule has 1 aliphatic heterocycles. The number of thioether (sulfide) groups is 1. The van der Waals surface area contributed by atoms with Crippen LogP contribution in [0.4, 0.5) is 0 Å². The molecule has 21 heavy (non-hydrogen) atoms. The van der Waals surface area contributed by atoms with Crippen LogP contribution in [0.1, 0.15) is 32.6 Å². The van der Waals surface area contributed by atoms with E-state index in [1.807, 2.05) is 0 Å². The topological polar surface area (TPSA) is 58.6 Å². The number of hydrogen-bond acceptors (Lipinski definition) is 5. The molecule has 3 atom stereocenters. The number of amides is 1. The average molecular weight is 314 g/mol. The smallest absolute Gasteiger partial charge is 0.320 e. The van der Waals surface area contributed by atoms with E-state index < -0.39 is 0 Å². The summed E-state index contributed by atoms with van der Waals surface area (Å²) in [5.41, 5.74) is 0. The maximum atomic E-state index is 12.2. The van der Waals surface area contributed by atoms with Gasteiger partial charge in [0.15, 0.2) is 0 Å². The van der Waals surface area contributed by atoms with Gasteiger partial charge in [0.25, 0.3) is 0 Å². The predicted molar refractivity (Wildman–Crippen MR) is 84.3 cm³/mol. The third-order valence-electron chi connectivity index (χ3n) is 4.44. The van der Waals surface area contributed by atoms with Crippen LogP contribution in [0.3, 0.4) is 0 Å². The summed E-state index contributed by atoms with van der Waals surface area (Å²) in [5, 5.41) is 3.01. The largest absolute Gasteiger partial charge is 0.468 e. The third kappa shape index (κ3) is 4.88. The highest BCUT2D eigenvalue weighted by molar-refractivity contribution is 8.00. The van der Waals surface area contributed by atoms with E-state index >= 15 is 0 Å². The van der Waals surface area contributed by atoms with Crippen LogP contribution in [-0.2, 0) is 14.3 Å². The monoisotopic (exact) mass is 314 g/mol. The van der Waals surface area contributed by atoms with Crippen LogP contribution in [0.25, 0.3) is 0 Å². The van der Waals surface area contributed by atoms with E-state index in [1.54, 1.807) is 11.8 Å². The van der Waals surface area contributed by atoms with Gasteiger partial charge >= 0.3 is 5.97 Å². The summed E-state index contributed by atoms with van der Waals surface area (Å²) in [4.78, 5) is 25.8. The molecule has 1 amide bonds. The van der Waals surface area contributed by atoms with Crippen molar-refractivity contribution in [2.24, 2.45) is 5.92 Å². The van der Waals surface area contributed by atoms with Gasteiger partial charge in [-0.05, 0) is 18.8 Å². The van der Waals surface area contributed by atoms with Crippen LogP contribution in [0, 0.1) is 5.92 Å². The molecule has 1 heterocycles. The fraction of sp³-hybridized carbons (Fsp3) is 0.867. The third-order valence-corrected chi connectivity index (χ3v) is 5.60. The number of methoxy groups -OCH3 is 1. The molecule has 2 aliphatic rings. The summed E-state index contributed by atoms with van der Waals surface area (Å²) in [7, 11) is 1.42. The molecule has 2 fully saturated rings. The van der Waals surface area contributed by atoms with Crippen molar-refractivity contribution in [1.82, 2.24) is 10.2 Å². The van der Waals surface area contributed by atoms with E-state index in [2.05, 4.69) is 17.1 Å². The average Bonchev–Trinajstić information content (AvgIpc) is 2.49. The highest BCUT2D eigenvalue weighted by atomic mass is 32.2. The van der Waals surface area contributed by atoms with Crippen LogP contribution in [0.2, 0.25) is 0 Å². The molecule has 1 saturated heterocycles. The lowest BCUT2D eigenvalue weighted by atomic mass is 9.86. The molecule has 0 unspecified atom stereocenters. The molecular formula is C15H26N2O3S. The number of hydrogen-bond donors (Lipinski definition) is 1. The molecular weight excluding hydrogens is 288 g/mol. The first-order valence-electron chi connectivity index (χ1n) is 7.81. The van der Waals surface area contributed by atoms with Crippen molar-refractivity contribution in [2.45, 2.75) is 43.9 Å². The molecule has 0 aromatic heterocycles. The van der Waals surface area contributed by atoms with E-state index in [0.29, 0.717) is 25.0 Å². The van der Waals surface area contributed by atoms with Crippen molar-refractivity contribution in [3.63, 3.8) is 0 Å². The van der Waals surface area contributed by atoms with Gasteiger partial charge in [0.2, 0.25) is 5.91 Å². The van der Waals surface area contributed by atoms with Crippen molar-refractivity contribution in [3.05, 3.63) is 0 Å². The van der Waals surface area contributed by atoms with Crippen molar-refractivity contribution >= 4 is 23.6 Å². The Labute approximate surface area is 131 Å². The van der Waals surface area contributed by atoms with E-state index in [4.69, 9.17) is 4.74 Å². The molecule has 5 nitrogen and oxygen atoms in total. The molecule has 1 N–H and O–H groups in total. The number of carbonyl (C=O) groups excluding carboxylic acids is 2. The molecule has 2 rings (SSSR count). The van der Waals surface area contributed by atoms with Gasteiger partial charge in [0.05, 0.1) is 13.7 Å². The van der Waals surface area contributed by atoms with Crippen molar-refractivity contribution < 1.29 is 14.3 Å². The maximum absolute atomic E-state index is 12.2. The molecule has 0 aromatic rings. The Kier molecular flexibility index (Phi) is 6.36. The predicted octanol–water partition coefficient (Wildman–Crippen LogP) is 1.27. The van der Waals surface area contributed by atoms with Gasteiger partial charge in [0, 0.05) is 24.9 Å². The van der Waals surface area contributed by atoms with Gasteiger partial charge < -0.3 is 10.1 Å². The molecule has 0 aromatic carbocycles. The molecule has 1 saturated carbocycles. The lowest BCUT2D eigenvalue weighted by Gasteiger charge is -2.33. The molecule has 6 heteroatoms. The number of ether oxygens (including phenoxy) is 1. The van der Waals surface area contributed by atoms with Gasteiger partial charge in [-0.15, -0.1) is 11.8 Å². The van der Waals surface area contributed by atoms with Gasteiger partial charge in [-0.1, -0.05) is 19.8 Å². The summed E-state index contributed by atoms with van der Waals surface area (Å²) in [6, 6.07) is 0.321. The standard InChI is InChI=1S/C15H26N2O3S/c1-11-5-3-4-6-12(11)16-14(18)10-17-7-8-21-13(9-17)15(19)20-2/h11-13H,3-10H2,1-2H3,(H,16,18)/t11-,12-,13+/m1/s1. The van der Waals surface area contributed by atoms with Crippen molar-refractivity contribution in [3.8, 4) is 0 Å². The normalized spacial score (nSPS) is 30.7. The van der Waals surface area contributed by atoms with E-state index in [0.717, 1.165) is 18.7 Å². The summed E-state index contributed by atoms with van der Waals surface area (Å²) in [5.74, 6) is 1.34. The van der Waals surface area contributed by atoms with Crippen LogP contribution in [0.15, 0.2) is 0 Å². The van der Waals surface area contributed by atoms with E-state index in [-0.39, 0.29) is 17.1 Å². The van der Waals surface area contributed by atoms with Gasteiger partial charge in [0.1, 0.15) is 5.25 Å². The number of rotatable bonds is 4. The van der Waals surface area contributed by atoms with Gasteiger partial charge in [-0.25, -0.2) is 0 Å². The second-order valence-electron chi connectivity index (χ2n) is 6.05. The maximum Gasteiger partial charge on any atom is 0.320 e. The van der Waals surface area contributed by atoms with E-state index in [9.17, 15) is 9.59 Å². The Morgan fingerprint density at radius 2 is 2.10 bits per heavy atom. The Bertz CT molecular complexity index is 378. The number of nitrogens with zero attached hydrogens (tertiary/aromatic N) is 1. The van der Waals surface area contributed by atoms with Crippen LogP contribution in [0.5, 0.6) is 0 Å². The van der Waals surface area contributed by atoms with Gasteiger partial charge in [-0.2, -0.15) is 0 Å². The summed E-state index contributed by atoms with van der Waals surface area (Å²) in [6.45, 7) is 4.06. The zero-order valence-corrected chi connectivity index (χ0v) is 13.8. The zero-order valence-electron chi connectivity index (χ0n) is 13.0. The number of nitrogens with one attached hydrogen (secondary N) is 1. The highest BCUT2D eigenvalue weighted by Gasteiger charge is 2.29. The van der Waals surface area contributed by atoms with E-state index in [1.165, 1.54) is 26.4 Å².